The number of anilines is 1. The van der Waals surface area contributed by atoms with Crippen LogP contribution in [0.15, 0.2) is 91.0 Å². The van der Waals surface area contributed by atoms with E-state index in [1.807, 2.05) is 0 Å². The number of benzene rings is 4. The van der Waals surface area contributed by atoms with Gasteiger partial charge in [0.1, 0.15) is 18.0 Å². The second kappa shape index (κ2) is 18.7. The standard InChI is InChI=1S/C39H41FN2O8/c1-3-4-5-6-7-22-49-32-19-13-30(14-20-32)39(47)50-33-17-8-27(9-18-33)25-42(26-37(44)45)38(46)29-11-15-31(16-12-29)41-36(43)24-28-10-21-35(48-2)34(40)23-28/h8-21,23H,3-7,22,24-26H2,1-2H3,(H,41,43)(H,44,45). The molecule has 11 heteroatoms. The Hall–Kier alpha value is -5.71. The molecule has 0 aromatic heterocycles. The minimum Gasteiger partial charge on any atom is -0.494 e. The molecule has 0 aliphatic heterocycles. The van der Waals surface area contributed by atoms with Crippen molar-refractivity contribution in [2.45, 2.75) is 52.0 Å². The molecule has 10 nitrogen and oxygen atoms in total. The summed E-state index contributed by atoms with van der Waals surface area (Å²) in [6, 6.07) is 23.5. The Morgan fingerprint density at radius 2 is 1.42 bits per heavy atom. The van der Waals surface area contributed by atoms with Gasteiger partial charge in [0.25, 0.3) is 5.91 Å². The third-order valence-corrected chi connectivity index (χ3v) is 7.72. The average molecular weight is 685 g/mol. The smallest absolute Gasteiger partial charge is 0.343 e. The largest absolute Gasteiger partial charge is 0.494 e. The number of methoxy groups -OCH3 is 1. The molecule has 0 bridgehead atoms. The van der Waals surface area contributed by atoms with Crippen molar-refractivity contribution in [3.05, 3.63) is 119 Å². The minimum atomic E-state index is -1.19. The lowest BCUT2D eigenvalue weighted by Crippen LogP contribution is -2.35. The Balaban J connectivity index is 1.30. The van der Waals surface area contributed by atoms with Gasteiger partial charge in [0, 0.05) is 17.8 Å². The molecule has 0 saturated heterocycles. The first kappa shape index (κ1) is 37.1. The van der Waals surface area contributed by atoms with Gasteiger partial charge in [0.15, 0.2) is 11.6 Å². The van der Waals surface area contributed by atoms with E-state index in [1.165, 1.54) is 67.7 Å². The maximum Gasteiger partial charge on any atom is 0.343 e. The van der Waals surface area contributed by atoms with Gasteiger partial charge in [0.05, 0.1) is 25.7 Å². The van der Waals surface area contributed by atoms with Crippen molar-refractivity contribution in [3.8, 4) is 17.2 Å². The lowest BCUT2D eigenvalue weighted by molar-refractivity contribution is -0.137. The Morgan fingerprint density at radius 1 is 0.780 bits per heavy atom. The number of rotatable bonds is 18. The third kappa shape index (κ3) is 11.5. The Labute approximate surface area is 290 Å². The van der Waals surface area contributed by atoms with Crippen molar-refractivity contribution in [3.63, 3.8) is 0 Å². The molecule has 0 fully saturated rings. The van der Waals surface area contributed by atoms with Crippen molar-refractivity contribution in [1.29, 1.82) is 0 Å². The number of nitrogens with zero attached hydrogens (tertiary/aromatic N) is 1. The summed E-state index contributed by atoms with van der Waals surface area (Å²) < 4.78 is 30.1. The number of carbonyl (C=O) groups is 4. The van der Waals surface area contributed by atoms with Gasteiger partial charge in [-0.3, -0.25) is 14.4 Å². The zero-order valence-electron chi connectivity index (χ0n) is 28.2. The van der Waals surface area contributed by atoms with E-state index >= 15 is 0 Å². The van der Waals surface area contributed by atoms with E-state index in [4.69, 9.17) is 14.2 Å². The first-order valence-corrected chi connectivity index (χ1v) is 16.4. The van der Waals surface area contributed by atoms with Crippen LogP contribution in [0.4, 0.5) is 10.1 Å². The number of aliphatic carboxylic acids is 1. The number of esters is 1. The van der Waals surface area contributed by atoms with Gasteiger partial charge in [-0.15, -0.1) is 0 Å². The van der Waals surface area contributed by atoms with Gasteiger partial charge in [0.2, 0.25) is 5.91 Å². The SMILES string of the molecule is CCCCCCCOc1ccc(C(=O)Oc2ccc(CN(CC(=O)O)C(=O)c3ccc(NC(=O)Cc4ccc(OC)c(F)c4)cc3)cc2)cc1. The average Bonchev–Trinajstić information content (AvgIpc) is 3.10. The van der Waals surface area contributed by atoms with E-state index in [-0.39, 0.29) is 35.9 Å². The molecule has 4 rings (SSSR count). The summed E-state index contributed by atoms with van der Waals surface area (Å²) in [4.78, 5) is 51.3. The summed E-state index contributed by atoms with van der Waals surface area (Å²) in [5.41, 5.74) is 2.07. The van der Waals surface area contributed by atoms with Crippen LogP contribution < -0.4 is 19.5 Å². The van der Waals surface area contributed by atoms with Crippen molar-refractivity contribution >= 4 is 29.4 Å². The molecule has 2 amide bonds. The first-order valence-electron chi connectivity index (χ1n) is 16.4. The van der Waals surface area contributed by atoms with Crippen molar-refractivity contribution in [2.75, 3.05) is 25.6 Å². The highest BCUT2D eigenvalue weighted by Crippen LogP contribution is 2.21. The van der Waals surface area contributed by atoms with E-state index in [9.17, 15) is 28.7 Å². The fraction of sp³-hybridized carbons (Fsp3) is 0.282. The fourth-order valence-electron chi connectivity index (χ4n) is 5.08. The molecule has 50 heavy (non-hydrogen) atoms. The molecule has 4 aromatic carbocycles. The van der Waals surface area contributed by atoms with E-state index in [0.717, 1.165) is 12.8 Å². The summed E-state index contributed by atoms with van der Waals surface area (Å²) >= 11 is 0. The Morgan fingerprint density at radius 3 is 2.06 bits per heavy atom. The summed E-state index contributed by atoms with van der Waals surface area (Å²) in [6.45, 7) is 2.23. The number of nitrogens with one attached hydrogen (secondary N) is 1. The maximum atomic E-state index is 14.0. The van der Waals surface area contributed by atoms with Gasteiger partial charge in [-0.25, -0.2) is 9.18 Å². The number of carboxylic acid groups (broad SMARTS) is 1. The van der Waals surface area contributed by atoms with Gasteiger partial charge >= 0.3 is 11.9 Å². The van der Waals surface area contributed by atoms with Crippen LogP contribution in [0.3, 0.4) is 0 Å². The molecule has 4 aromatic rings. The fourth-order valence-corrected chi connectivity index (χ4v) is 5.08. The van der Waals surface area contributed by atoms with Crippen LogP contribution in [0.2, 0.25) is 0 Å². The number of hydrogen-bond acceptors (Lipinski definition) is 7. The van der Waals surface area contributed by atoms with Gasteiger partial charge in [-0.1, -0.05) is 50.8 Å². The predicted molar refractivity (Wildman–Crippen MR) is 186 cm³/mol. The van der Waals surface area contributed by atoms with Crippen LogP contribution in [-0.2, 0) is 22.6 Å². The van der Waals surface area contributed by atoms with Crippen LogP contribution in [0.5, 0.6) is 17.2 Å². The summed E-state index contributed by atoms with van der Waals surface area (Å²) in [5.74, 6) is -2.17. The number of hydrogen-bond donors (Lipinski definition) is 2. The zero-order chi connectivity index (χ0) is 35.9. The van der Waals surface area contributed by atoms with Crippen LogP contribution in [-0.4, -0.2) is 54.0 Å². The highest BCUT2D eigenvalue weighted by Gasteiger charge is 2.20. The summed E-state index contributed by atoms with van der Waals surface area (Å²) in [7, 11) is 1.35. The highest BCUT2D eigenvalue weighted by atomic mass is 19.1. The molecule has 2 N–H and O–H groups in total. The Bertz CT molecular complexity index is 1740. The molecular weight excluding hydrogens is 643 g/mol. The van der Waals surface area contributed by atoms with E-state index in [2.05, 4.69) is 12.2 Å². The maximum absolute atomic E-state index is 14.0. The lowest BCUT2D eigenvalue weighted by Gasteiger charge is -2.21. The van der Waals surface area contributed by atoms with Crippen molar-refractivity contribution in [2.24, 2.45) is 0 Å². The van der Waals surface area contributed by atoms with E-state index < -0.39 is 30.2 Å². The summed E-state index contributed by atoms with van der Waals surface area (Å²) in [6.07, 6.45) is 5.64. The van der Waals surface area contributed by atoms with Crippen molar-refractivity contribution in [1.82, 2.24) is 4.90 Å². The zero-order valence-corrected chi connectivity index (χ0v) is 28.2. The number of carboxylic acids is 1. The number of unbranched alkanes of at least 4 members (excludes halogenated alkanes) is 4. The molecule has 262 valence electrons. The van der Waals surface area contributed by atoms with Gasteiger partial charge < -0.3 is 29.5 Å². The molecule has 0 atom stereocenters. The number of halogens is 1. The molecule has 0 radical (unpaired) electrons. The monoisotopic (exact) mass is 684 g/mol. The first-order chi connectivity index (χ1) is 24.1. The summed E-state index contributed by atoms with van der Waals surface area (Å²) in [5, 5.41) is 12.2. The number of ether oxygens (including phenoxy) is 3. The Kier molecular flexibility index (Phi) is 13.9. The second-order valence-corrected chi connectivity index (χ2v) is 11.6. The molecular formula is C39H41FN2O8. The quantitative estimate of drug-likeness (QED) is 0.0634. The molecule has 0 aliphatic carbocycles. The van der Waals surface area contributed by atoms with E-state index in [0.29, 0.717) is 34.7 Å². The number of amides is 2. The van der Waals surface area contributed by atoms with Crippen LogP contribution in [0.1, 0.15) is 70.9 Å². The van der Waals surface area contributed by atoms with Crippen LogP contribution >= 0.6 is 0 Å². The predicted octanol–water partition coefficient (Wildman–Crippen LogP) is 7.31. The van der Waals surface area contributed by atoms with Gasteiger partial charge in [-0.05, 0) is 90.3 Å². The lowest BCUT2D eigenvalue weighted by atomic mass is 10.1. The van der Waals surface area contributed by atoms with E-state index in [1.54, 1.807) is 54.6 Å². The highest BCUT2D eigenvalue weighted by molar-refractivity contribution is 5.97. The molecule has 0 aliphatic rings. The molecule has 0 spiro atoms. The minimum absolute atomic E-state index is 0.0175. The van der Waals surface area contributed by atoms with Crippen molar-refractivity contribution < 1.29 is 42.9 Å². The molecule has 0 unspecified atom stereocenters. The van der Waals surface area contributed by atoms with Crippen LogP contribution in [0, 0.1) is 5.82 Å². The molecule has 0 heterocycles. The second-order valence-electron chi connectivity index (χ2n) is 11.6. The van der Waals surface area contributed by atoms with Gasteiger partial charge in [-0.2, -0.15) is 0 Å². The normalized spacial score (nSPS) is 10.6. The number of carbonyl (C=O) groups excluding carboxylic acids is 3. The topological polar surface area (TPSA) is 131 Å². The molecule has 0 saturated carbocycles. The van der Waals surface area contributed by atoms with Crippen LogP contribution in [0.25, 0.3) is 0 Å². The third-order valence-electron chi connectivity index (χ3n) is 7.72.